The highest BCUT2D eigenvalue weighted by molar-refractivity contribution is 6.30. The van der Waals surface area contributed by atoms with Gasteiger partial charge >= 0.3 is 0 Å². The molecule has 0 aliphatic heterocycles. The van der Waals surface area contributed by atoms with E-state index in [0.29, 0.717) is 13.2 Å². The van der Waals surface area contributed by atoms with Crippen LogP contribution in [0.1, 0.15) is 18.4 Å². The van der Waals surface area contributed by atoms with Gasteiger partial charge in [-0.1, -0.05) is 23.7 Å². The molecular weight excluding hydrogens is 264 g/mol. The highest BCUT2D eigenvalue weighted by atomic mass is 35.5. The Labute approximate surface area is 120 Å². The molecule has 0 amide bonds. The summed E-state index contributed by atoms with van der Waals surface area (Å²) in [7, 11) is 1.66. The zero-order valence-electron chi connectivity index (χ0n) is 11.5. The van der Waals surface area contributed by atoms with Crippen molar-refractivity contribution in [1.82, 2.24) is 0 Å². The maximum atomic E-state index is 9.40. The first kappa shape index (κ1) is 16.4. The van der Waals surface area contributed by atoms with Gasteiger partial charge in [0.15, 0.2) is 0 Å². The first-order chi connectivity index (χ1) is 9.26. The summed E-state index contributed by atoms with van der Waals surface area (Å²) in [5, 5.41) is 10.1. The van der Waals surface area contributed by atoms with Gasteiger partial charge in [0, 0.05) is 25.3 Å². The van der Waals surface area contributed by atoms with Gasteiger partial charge in [-0.3, -0.25) is 0 Å². The maximum Gasteiger partial charge on any atom is 0.0700 e. The van der Waals surface area contributed by atoms with Crippen LogP contribution in [0.3, 0.4) is 0 Å². The summed E-state index contributed by atoms with van der Waals surface area (Å²) in [6.07, 6.45) is 2.81. The molecule has 1 unspecified atom stereocenters. The second-order valence-electron chi connectivity index (χ2n) is 4.63. The van der Waals surface area contributed by atoms with Gasteiger partial charge in [-0.25, -0.2) is 0 Å². The SMILES string of the molecule is COCCOCCCC(CO)Cc1ccc(Cl)cc1. The van der Waals surface area contributed by atoms with Crippen molar-refractivity contribution >= 4 is 11.6 Å². The number of aliphatic hydroxyl groups is 1. The Morgan fingerprint density at radius 3 is 2.53 bits per heavy atom. The Hall–Kier alpha value is -0.610. The van der Waals surface area contributed by atoms with Crippen LogP contribution in [0.4, 0.5) is 0 Å². The van der Waals surface area contributed by atoms with Crippen LogP contribution in [0.15, 0.2) is 24.3 Å². The van der Waals surface area contributed by atoms with E-state index in [1.54, 1.807) is 7.11 Å². The molecular formula is C15H23ClO3. The monoisotopic (exact) mass is 286 g/mol. The predicted molar refractivity (Wildman–Crippen MR) is 77.7 cm³/mol. The molecule has 1 rings (SSSR count). The molecule has 0 spiro atoms. The molecule has 0 saturated carbocycles. The molecule has 3 nitrogen and oxygen atoms in total. The minimum absolute atomic E-state index is 0.209. The highest BCUT2D eigenvalue weighted by Crippen LogP contribution is 2.16. The van der Waals surface area contributed by atoms with Gasteiger partial charge in [-0.2, -0.15) is 0 Å². The van der Waals surface area contributed by atoms with E-state index in [9.17, 15) is 5.11 Å². The van der Waals surface area contributed by atoms with Gasteiger partial charge in [0.25, 0.3) is 0 Å². The normalized spacial score (nSPS) is 12.6. The summed E-state index contributed by atoms with van der Waals surface area (Å²) in [6, 6.07) is 7.80. The zero-order valence-corrected chi connectivity index (χ0v) is 12.2. The van der Waals surface area contributed by atoms with Crippen molar-refractivity contribution in [3.05, 3.63) is 34.9 Å². The fraction of sp³-hybridized carbons (Fsp3) is 0.600. The van der Waals surface area contributed by atoms with E-state index in [-0.39, 0.29) is 12.5 Å². The first-order valence-electron chi connectivity index (χ1n) is 6.68. The Morgan fingerprint density at radius 1 is 1.16 bits per heavy atom. The van der Waals surface area contributed by atoms with E-state index >= 15 is 0 Å². The van der Waals surface area contributed by atoms with Gasteiger partial charge in [-0.05, 0) is 42.9 Å². The second kappa shape index (κ2) is 10.2. The molecule has 1 atom stereocenters. The maximum absolute atomic E-state index is 9.40. The number of halogens is 1. The Balaban J connectivity index is 2.20. The lowest BCUT2D eigenvalue weighted by molar-refractivity contribution is 0.0657. The Bertz CT molecular complexity index is 327. The van der Waals surface area contributed by atoms with Crippen molar-refractivity contribution in [2.45, 2.75) is 19.3 Å². The minimum atomic E-state index is 0.209. The number of benzene rings is 1. The molecule has 0 saturated heterocycles. The quantitative estimate of drug-likeness (QED) is 0.672. The number of aliphatic hydroxyl groups excluding tert-OH is 1. The number of ether oxygens (including phenoxy) is 2. The molecule has 0 heterocycles. The van der Waals surface area contributed by atoms with Crippen molar-refractivity contribution in [3.63, 3.8) is 0 Å². The van der Waals surface area contributed by atoms with Crippen LogP contribution in [0.2, 0.25) is 5.02 Å². The van der Waals surface area contributed by atoms with E-state index < -0.39 is 0 Å². The van der Waals surface area contributed by atoms with E-state index in [2.05, 4.69) is 0 Å². The zero-order chi connectivity index (χ0) is 13.9. The van der Waals surface area contributed by atoms with Crippen LogP contribution in [-0.4, -0.2) is 38.6 Å². The number of methoxy groups -OCH3 is 1. The fourth-order valence-electron chi connectivity index (χ4n) is 1.93. The number of hydrogen-bond acceptors (Lipinski definition) is 3. The molecule has 1 aromatic carbocycles. The molecule has 0 bridgehead atoms. The van der Waals surface area contributed by atoms with E-state index in [1.807, 2.05) is 24.3 Å². The summed E-state index contributed by atoms with van der Waals surface area (Å²) >= 11 is 5.85. The average molecular weight is 287 g/mol. The van der Waals surface area contributed by atoms with Gasteiger partial charge in [0.2, 0.25) is 0 Å². The summed E-state index contributed by atoms with van der Waals surface area (Å²) in [5.74, 6) is 0.284. The summed E-state index contributed by atoms with van der Waals surface area (Å²) in [4.78, 5) is 0. The van der Waals surface area contributed by atoms with Gasteiger partial charge in [-0.15, -0.1) is 0 Å². The third-order valence-electron chi connectivity index (χ3n) is 3.03. The van der Waals surface area contributed by atoms with E-state index in [0.717, 1.165) is 30.9 Å². The van der Waals surface area contributed by atoms with E-state index in [4.69, 9.17) is 21.1 Å². The van der Waals surface area contributed by atoms with Crippen LogP contribution in [0, 0.1) is 5.92 Å². The number of hydrogen-bond donors (Lipinski definition) is 1. The molecule has 0 fully saturated rings. The number of rotatable bonds is 10. The van der Waals surface area contributed by atoms with Gasteiger partial charge in [0.1, 0.15) is 0 Å². The van der Waals surface area contributed by atoms with Gasteiger partial charge in [0.05, 0.1) is 13.2 Å². The molecule has 4 heteroatoms. The van der Waals surface area contributed by atoms with E-state index in [1.165, 1.54) is 5.56 Å². The standard InChI is InChI=1S/C15H23ClO3/c1-18-9-10-19-8-2-3-14(12-17)11-13-4-6-15(16)7-5-13/h4-7,14,17H,2-3,8-12H2,1H3. The summed E-state index contributed by atoms with van der Waals surface area (Å²) in [6.45, 7) is 2.20. The highest BCUT2D eigenvalue weighted by Gasteiger charge is 2.08. The van der Waals surface area contributed by atoms with Crippen molar-refractivity contribution < 1.29 is 14.6 Å². The second-order valence-corrected chi connectivity index (χ2v) is 5.06. The molecule has 0 aliphatic carbocycles. The molecule has 0 aromatic heterocycles. The largest absolute Gasteiger partial charge is 0.396 e. The third-order valence-corrected chi connectivity index (χ3v) is 3.28. The lowest BCUT2D eigenvalue weighted by Crippen LogP contribution is -2.11. The molecule has 0 aliphatic rings. The minimum Gasteiger partial charge on any atom is -0.396 e. The fourth-order valence-corrected chi connectivity index (χ4v) is 2.06. The molecule has 108 valence electrons. The van der Waals surface area contributed by atoms with Crippen LogP contribution in [0.5, 0.6) is 0 Å². The van der Waals surface area contributed by atoms with Crippen molar-refractivity contribution in [1.29, 1.82) is 0 Å². The lowest BCUT2D eigenvalue weighted by Gasteiger charge is -2.14. The lowest BCUT2D eigenvalue weighted by atomic mass is 9.96. The van der Waals surface area contributed by atoms with Crippen LogP contribution < -0.4 is 0 Å². The smallest absolute Gasteiger partial charge is 0.0700 e. The van der Waals surface area contributed by atoms with Crippen molar-refractivity contribution in [2.75, 3.05) is 33.5 Å². The Kier molecular flexibility index (Phi) is 8.84. The summed E-state index contributed by atoms with van der Waals surface area (Å²) < 4.78 is 10.3. The predicted octanol–water partition coefficient (Wildman–Crippen LogP) is 2.93. The van der Waals surface area contributed by atoms with Crippen LogP contribution >= 0.6 is 11.6 Å². The van der Waals surface area contributed by atoms with Crippen molar-refractivity contribution in [2.24, 2.45) is 5.92 Å². The first-order valence-corrected chi connectivity index (χ1v) is 7.06. The molecule has 1 N–H and O–H groups in total. The van der Waals surface area contributed by atoms with Crippen LogP contribution in [-0.2, 0) is 15.9 Å². The molecule has 0 radical (unpaired) electrons. The third kappa shape index (κ3) is 7.53. The van der Waals surface area contributed by atoms with Crippen LogP contribution in [0.25, 0.3) is 0 Å². The van der Waals surface area contributed by atoms with Gasteiger partial charge < -0.3 is 14.6 Å². The summed E-state index contributed by atoms with van der Waals surface area (Å²) in [5.41, 5.74) is 1.21. The topological polar surface area (TPSA) is 38.7 Å². The molecule has 1 aromatic rings. The molecule has 19 heavy (non-hydrogen) atoms. The average Bonchev–Trinajstić information content (AvgIpc) is 2.43. The Morgan fingerprint density at radius 2 is 1.89 bits per heavy atom. The van der Waals surface area contributed by atoms with Crippen molar-refractivity contribution in [3.8, 4) is 0 Å².